The van der Waals surface area contributed by atoms with E-state index in [9.17, 15) is 18.0 Å². The summed E-state index contributed by atoms with van der Waals surface area (Å²) in [7, 11) is -3.23. The summed E-state index contributed by atoms with van der Waals surface area (Å²) in [6.45, 7) is 3.54. The van der Waals surface area contributed by atoms with Crippen LogP contribution in [0.15, 0.2) is 24.3 Å². The van der Waals surface area contributed by atoms with E-state index in [1.807, 2.05) is 6.92 Å². The molecule has 0 fully saturated rings. The van der Waals surface area contributed by atoms with Gasteiger partial charge in [-0.05, 0) is 25.5 Å². The molecular formula is C15H22N2O5S. The van der Waals surface area contributed by atoms with E-state index in [0.717, 1.165) is 6.26 Å². The maximum Gasteiger partial charge on any atom is 0.247 e. The Morgan fingerprint density at radius 3 is 2.48 bits per heavy atom. The van der Waals surface area contributed by atoms with Gasteiger partial charge in [0.1, 0.15) is 21.6 Å². The lowest BCUT2D eigenvalue weighted by molar-refractivity contribution is -0.125. The predicted molar refractivity (Wildman–Crippen MR) is 88.2 cm³/mol. The number of amides is 2. The molecule has 0 aliphatic heterocycles. The number of ether oxygens (including phenoxy) is 1. The molecular weight excluding hydrogens is 320 g/mol. The number of nitrogens with one attached hydrogen (secondary N) is 2. The van der Waals surface area contributed by atoms with E-state index in [4.69, 9.17) is 4.74 Å². The van der Waals surface area contributed by atoms with Crippen LogP contribution in [0.2, 0.25) is 0 Å². The molecule has 0 bridgehead atoms. The minimum Gasteiger partial charge on any atom is -0.492 e. The van der Waals surface area contributed by atoms with Crippen LogP contribution in [0.3, 0.4) is 0 Å². The smallest absolute Gasteiger partial charge is 0.247 e. The average molecular weight is 342 g/mol. The van der Waals surface area contributed by atoms with Crippen molar-refractivity contribution >= 4 is 27.3 Å². The van der Waals surface area contributed by atoms with Gasteiger partial charge in [-0.3, -0.25) is 9.59 Å². The van der Waals surface area contributed by atoms with Gasteiger partial charge < -0.3 is 15.4 Å². The van der Waals surface area contributed by atoms with Crippen molar-refractivity contribution in [1.29, 1.82) is 0 Å². The fraction of sp³-hybridized carbons (Fsp3) is 0.467. The number of rotatable bonds is 8. The molecule has 0 aromatic heterocycles. The standard InChI is InChI=1S/C15H22N2O5S/c1-4-22-14-8-6-5-7-12(14)17-15(19)13(16-11(2)18)9-10-23(3,20)21/h5-8,13H,4,9-10H2,1-3H3,(H,16,18)(H,17,19). The molecule has 1 atom stereocenters. The van der Waals surface area contributed by atoms with E-state index in [2.05, 4.69) is 10.6 Å². The summed E-state index contributed by atoms with van der Waals surface area (Å²) < 4.78 is 28.0. The van der Waals surface area contributed by atoms with Crippen LogP contribution in [0.5, 0.6) is 5.75 Å². The monoisotopic (exact) mass is 342 g/mol. The van der Waals surface area contributed by atoms with Gasteiger partial charge in [-0.2, -0.15) is 0 Å². The van der Waals surface area contributed by atoms with Crippen molar-refractivity contribution in [2.45, 2.75) is 26.3 Å². The molecule has 0 spiro atoms. The second kappa shape index (κ2) is 8.52. The highest BCUT2D eigenvalue weighted by molar-refractivity contribution is 7.90. The van der Waals surface area contributed by atoms with Crippen molar-refractivity contribution in [2.24, 2.45) is 0 Å². The second-order valence-corrected chi connectivity index (χ2v) is 7.35. The van der Waals surface area contributed by atoms with Crippen molar-refractivity contribution in [1.82, 2.24) is 5.32 Å². The van der Waals surface area contributed by atoms with E-state index in [1.165, 1.54) is 6.92 Å². The van der Waals surface area contributed by atoms with Crippen molar-refractivity contribution in [3.8, 4) is 5.75 Å². The molecule has 0 heterocycles. The topological polar surface area (TPSA) is 102 Å². The highest BCUT2D eigenvalue weighted by atomic mass is 32.2. The third-order valence-electron chi connectivity index (χ3n) is 2.92. The van der Waals surface area contributed by atoms with Crippen molar-refractivity contribution in [2.75, 3.05) is 23.9 Å². The number of carbonyl (C=O) groups excluding carboxylic acids is 2. The summed E-state index contributed by atoms with van der Waals surface area (Å²) in [5.41, 5.74) is 0.467. The van der Waals surface area contributed by atoms with Crippen molar-refractivity contribution in [3.05, 3.63) is 24.3 Å². The molecule has 8 heteroatoms. The lowest BCUT2D eigenvalue weighted by Crippen LogP contribution is -2.44. The molecule has 128 valence electrons. The van der Waals surface area contributed by atoms with Gasteiger partial charge in [-0.25, -0.2) is 8.42 Å². The van der Waals surface area contributed by atoms with Crippen LogP contribution in [-0.4, -0.2) is 44.9 Å². The highest BCUT2D eigenvalue weighted by Gasteiger charge is 2.22. The first kappa shape index (κ1) is 19.0. The largest absolute Gasteiger partial charge is 0.492 e. The molecule has 0 aliphatic carbocycles. The van der Waals surface area contributed by atoms with Gasteiger partial charge in [0.15, 0.2) is 0 Å². The first-order valence-electron chi connectivity index (χ1n) is 7.20. The summed E-state index contributed by atoms with van der Waals surface area (Å²) >= 11 is 0. The van der Waals surface area contributed by atoms with Gasteiger partial charge in [0.25, 0.3) is 0 Å². The Balaban J connectivity index is 2.86. The normalized spacial score (nSPS) is 12.3. The van der Waals surface area contributed by atoms with Crippen LogP contribution in [0.1, 0.15) is 20.3 Å². The predicted octanol–water partition coefficient (Wildman–Crippen LogP) is 0.963. The highest BCUT2D eigenvalue weighted by Crippen LogP contribution is 2.23. The van der Waals surface area contributed by atoms with E-state index < -0.39 is 27.7 Å². The Morgan fingerprint density at radius 1 is 1.26 bits per heavy atom. The van der Waals surface area contributed by atoms with Crippen LogP contribution in [-0.2, 0) is 19.4 Å². The maximum atomic E-state index is 12.3. The molecule has 1 unspecified atom stereocenters. The average Bonchev–Trinajstić information content (AvgIpc) is 2.44. The molecule has 23 heavy (non-hydrogen) atoms. The molecule has 0 saturated heterocycles. The zero-order valence-corrected chi connectivity index (χ0v) is 14.3. The van der Waals surface area contributed by atoms with Crippen LogP contribution < -0.4 is 15.4 Å². The number of carbonyl (C=O) groups is 2. The summed E-state index contributed by atoms with van der Waals surface area (Å²) in [6, 6.07) is 5.96. The fourth-order valence-corrected chi connectivity index (χ4v) is 2.58. The summed E-state index contributed by atoms with van der Waals surface area (Å²) in [6.07, 6.45) is 1.08. The van der Waals surface area contributed by atoms with E-state index in [1.54, 1.807) is 24.3 Å². The second-order valence-electron chi connectivity index (χ2n) is 5.09. The molecule has 2 N–H and O–H groups in total. The number of benzene rings is 1. The Bertz CT molecular complexity index is 658. The summed E-state index contributed by atoms with van der Waals surface area (Å²) in [4.78, 5) is 23.6. The van der Waals surface area contributed by atoms with E-state index in [0.29, 0.717) is 18.0 Å². The first-order valence-corrected chi connectivity index (χ1v) is 9.26. The fourth-order valence-electron chi connectivity index (χ4n) is 1.92. The molecule has 0 radical (unpaired) electrons. The van der Waals surface area contributed by atoms with Crippen LogP contribution in [0, 0.1) is 0 Å². The van der Waals surface area contributed by atoms with Crippen LogP contribution in [0.4, 0.5) is 5.69 Å². The Kier molecular flexibility index (Phi) is 7.02. The van der Waals surface area contributed by atoms with Crippen LogP contribution in [0.25, 0.3) is 0 Å². The third kappa shape index (κ3) is 7.14. The third-order valence-corrected chi connectivity index (χ3v) is 3.89. The minimum atomic E-state index is -3.23. The van der Waals surface area contributed by atoms with Gasteiger partial charge >= 0.3 is 0 Å². The number of hydrogen-bond acceptors (Lipinski definition) is 5. The molecule has 1 aromatic rings. The molecule has 0 saturated carbocycles. The van der Waals surface area contributed by atoms with Crippen LogP contribution >= 0.6 is 0 Å². The summed E-state index contributed by atoms with van der Waals surface area (Å²) in [5, 5.41) is 5.13. The van der Waals surface area contributed by atoms with Gasteiger partial charge in [-0.15, -0.1) is 0 Å². The zero-order valence-electron chi connectivity index (χ0n) is 13.5. The Morgan fingerprint density at radius 2 is 1.91 bits per heavy atom. The number of sulfone groups is 1. The van der Waals surface area contributed by atoms with E-state index >= 15 is 0 Å². The molecule has 2 amide bonds. The van der Waals surface area contributed by atoms with Gasteiger partial charge in [0.2, 0.25) is 11.8 Å². The first-order chi connectivity index (χ1) is 10.7. The lowest BCUT2D eigenvalue weighted by Gasteiger charge is -2.18. The molecule has 7 nitrogen and oxygen atoms in total. The SMILES string of the molecule is CCOc1ccccc1NC(=O)C(CCS(C)(=O)=O)NC(C)=O. The summed E-state index contributed by atoms with van der Waals surface area (Å²) in [5.74, 6) is -0.584. The van der Waals surface area contributed by atoms with Gasteiger partial charge in [-0.1, -0.05) is 12.1 Å². The molecule has 0 aliphatic rings. The lowest BCUT2D eigenvalue weighted by atomic mass is 10.2. The molecule has 1 aromatic carbocycles. The minimum absolute atomic E-state index is 0.00104. The molecule has 1 rings (SSSR count). The maximum absolute atomic E-state index is 12.3. The number of hydrogen-bond donors (Lipinski definition) is 2. The van der Waals surface area contributed by atoms with Crippen molar-refractivity contribution in [3.63, 3.8) is 0 Å². The van der Waals surface area contributed by atoms with Gasteiger partial charge in [0.05, 0.1) is 18.0 Å². The van der Waals surface area contributed by atoms with E-state index in [-0.39, 0.29) is 12.2 Å². The number of anilines is 1. The van der Waals surface area contributed by atoms with Gasteiger partial charge in [0, 0.05) is 13.2 Å². The Hall–Kier alpha value is -2.09. The zero-order chi connectivity index (χ0) is 17.5. The van der Waals surface area contributed by atoms with Crippen molar-refractivity contribution < 1.29 is 22.7 Å². The quantitative estimate of drug-likeness (QED) is 0.733. The number of para-hydroxylation sites is 2. The Labute approximate surface area is 136 Å².